The third-order valence-electron chi connectivity index (χ3n) is 4.26. The Morgan fingerprint density at radius 3 is 3.00 bits per heavy atom. The monoisotopic (exact) mass is 244 g/mol. The molecular formula is C15H20N2O. The molecule has 3 heteroatoms. The van der Waals surface area contributed by atoms with Crippen LogP contribution in [-0.4, -0.2) is 18.2 Å². The zero-order valence-electron chi connectivity index (χ0n) is 11.1. The minimum atomic E-state index is 0.634. The smallest absolute Gasteiger partial charge is 0.119 e. The number of ether oxygens (including phenoxy) is 1. The van der Waals surface area contributed by atoms with E-state index in [0.29, 0.717) is 5.92 Å². The third kappa shape index (κ3) is 1.62. The number of aromatic nitrogens is 1. The van der Waals surface area contributed by atoms with Crippen molar-refractivity contribution >= 4 is 10.9 Å². The van der Waals surface area contributed by atoms with Crippen LogP contribution in [-0.2, 0) is 19.9 Å². The molecule has 0 saturated heterocycles. The number of rotatable bonds is 2. The Morgan fingerprint density at radius 1 is 1.44 bits per heavy atom. The molecular weight excluding hydrogens is 224 g/mol. The maximum atomic E-state index is 5.84. The number of fused-ring (bicyclic) bond motifs is 3. The SMILES string of the molecule is COc1ccc2c(c1)c1c(n2C)CCC(CN)C1. The molecule has 2 N–H and O–H groups in total. The number of hydrogen-bond acceptors (Lipinski definition) is 2. The summed E-state index contributed by atoms with van der Waals surface area (Å²) in [6.07, 6.45) is 3.46. The number of hydrogen-bond donors (Lipinski definition) is 1. The summed E-state index contributed by atoms with van der Waals surface area (Å²) < 4.78 is 7.67. The standard InChI is InChI=1S/C15H20N2O/c1-17-14-5-3-10(9-16)7-12(14)13-8-11(18-2)4-6-15(13)17/h4,6,8,10H,3,5,7,9,16H2,1-2H3. The van der Waals surface area contributed by atoms with E-state index in [1.54, 1.807) is 7.11 Å². The van der Waals surface area contributed by atoms with Gasteiger partial charge in [0.05, 0.1) is 7.11 Å². The van der Waals surface area contributed by atoms with Crippen molar-refractivity contribution in [1.29, 1.82) is 0 Å². The second kappa shape index (κ2) is 4.32. The van der Waals surface area contributed by atoms with Crippen molar-refractivity contribution in [3.05, 3.63) is 29.5 Å². The summed E-state index contributed by atoms with van der Waals surface area (Å²) in [7, 11) is 3.88. The summed E-state index contributed by atoms with van der Waals surface area (Å²) in [5.41, 5.74) is 10.1. The minimum Gasteiger partial charge on any atom is -0.497 e. The molecule has 0 amide bonds. The summed E-state index contributed by atoms with van der Waals surface area (Å²) in [5, 5.41) is 1.34. The molecule has 1 unspecified atom stereocenters. The van der Waals surface area contributed by atoms with Gasteiger partial charge < -0.3 is 15.0 Å². The molecule has 1 aromatic carbocycles. The van der Waals surface area contributed by atoms with Gasteiger partial charge in [0.2, 0.25) is 0 Å². The number of methoxy groups -OCH3 is 1. The molecule has 0 bridgehead atoms. The lowest BCUT2D eigenvalue weighted by atomic mass is 9.86. The van der Waals surface area contributed by atoms with Crippen molar-refractivity contribution in [1.82, 2.24) is 4.57 Å². The van der Waals surface area contributed by atoms with Gasteiger partial charge in [-0.3, -0.25) is 0 Å². The first-order chi connectivity index (χ1) is 8.74. The van der Waals surface area contributed by atoms with Crippen LogP contribution in [0.25, 0.3) is 10.9 Å². The Morgan fingerprint density at radius 2 is 2.28 bits per heavy atom. The van der Waals surface area contributed by atoms with Crippen LogP contribution in [0.5, 0.6) is 5.75 Å². The highest BCUT2D eigenvalue weighted by atomic mass is 16.5. The molecule has 1 heterocycles. The van der Waals surface area contributed by atoms with Crippen LogP contribution in [0.15, 0.2) is 18.2 Å². The van der Waals surface area contributed by atoms with E-state index in [-0.39, 0.29) is 0 Å². The summed E-state index contributed by atoms with van der Waals surface area (Å²) in [5.74, 6) is 1.57. The number of aryl methyl sites for hydroxylation is 1. The van der Waals surface area contributed by atoms with Gasteiger partial charge in [-0.1, -0.05) is 0 Å². The van der Waals surface area contributed by atoms with Crippen LogP contribution in [0.3, 0.4) is 0 Å². The Balaban J connectivity index is 2.19. The van der Waals surface area contributed by atoms with Gasteiger partial charge in [-0.2, -0.15) is 0 Å². The van der Waals surface area contributed by atoms with Crippen LogP contribution < -0.4 is 10.5 Å². The van der Waals surface area contributed by atoms with Gasteiger partial charge in [-0.05, 0) is 55.5 Å². The molecule has 0 saturated carbocycles. The van der Waals surface area contributed by atoms with E-state index in [1.165, 1.54) is 28.6 Å². The molecule has 1 atom stereocenters. The Bertz CT molecular complexity index is 586. The highest BCUT2D eigenvalue weighted by Crippen LogP contribution is 2.35. The summed E-state index contributed by atoms with van der Waals surface area (Å²) in [6.45, 7) is 0.791. The fourth-order valence-electron chi connectivity index (χ4n) is 3.16. The second-order valence-electron chi connectivity index (χ2n) is 5.21. The minimum absolute atomic E-state index is 0.634. The number of nitrogens with two attached hydrogens (primary N) is 1. The van der Waals surface area contributed by atoms with Gasteiger partial charge in [-0.25, -0.2) is 0 Å². The second-order valence-corrected chi connectivity index (χ2v) is 5.21. The topological polar surface area (TPSA) is 40.2 Å². The Kier molecular flexibility index (Phi) is 2.78. The van der Waals surface area contributed by atoms with Gasteiger partial charge >= 0.3 is 0 Å². The molecule has 1 aromatic heterocycles. The first-order valence-corrected chi connectivity index (χ1v) is 6.58. The summed E-state index contributed by atoms with van der Waals surface area (Å²) in [6, 6.07) is 6.35. The first-order valence-electron chi connectivity index (χ1n) is 6.58. The molecule has 0 fully saturated rings. The van der Waals surface area contributed by atoms with Crippen LogP contribution in [0.4, 0.5) is 0 Å². The number of benzene rings is 1. The highest BCUT2D eigenvalue weighted by Gasteiger charge is 2.23. The molecule has 96 valence electrons. The van der Waals surface area contributed by atoms with Crippen LogP contribution in [0, 0.1) is 5.92 Å². The average Bonchev–Trinajstić information content (AvgIpc) is 2.71. The van der Waals surface area contributed by atoms with Crippen molar-refractivity contribution in [2.75, 3.05) is 13.7 Å². The molecule has 2 aromatic rings. The van der Waals surface area contributed by atoms with Crippen molar-refractivity contribution < 1.29 is 4.74 Å². The van der Waals surface area contributed by atoms with Crippen LogP contribution in [0.2, 0.25) is 0 Å². The van der Waals surface area contributed by atoms with E-state index in [0.717, 1.165) is 25.1 Å². The zero-order valence-corrected chi connectivity index (χ0v) is 11.1. The Labute approximate surface area is 108 Å². The van der Waals surface area contributed by atoms with Crippen molar-refractivity contribution in [3.63, 3.8) is 0 Å². The lowest BCUT2D eigenvalue weighted by molar-refractivity contribution is 0.415. The molecule has 1 aliphatic carbocycles. The normalized spacial score (nSPS) is 18.9. The first kappa shape index (κ1) is 11.6. The van der Waals surface area contributed by atoms with Gasteiger partial charge in [0.1, 0.15) is 5.75 Å². The van der Waals surface area contributed by atoms with Gasteiger partial charge in [0.15, 0.2) is 0 Å². The zero-order chi connectivity index (χ0) is 12.7. The number of nitrogens with zero attached hydrogens (tertiary/aromatic N) is 1. The fraction of sp³-hybridized carbons (Fsp3) is 0.467. The maximum absolute atomic E-state index is 5.84. The molecule has 18 heavy (non-hydrogen) atoms. The molecule has 0 aliphatic heterocycles. The molecule has 3 rings (SSSR count). The van der Waals surface area contributed by atoms with Crippen molar-refractivity contribution in [3.8, 4) is 5.75 Å². The van der Waals surface area contributed by atoms with Crippen LogP contribution >= 0.6 is 0 Å². The fourth-order valence-corrected chi connectivity index (χ4v) is 3.16. The van der Waals surface area contributed by atoms with E-state index in [2.05, 4.69) is 23.7 Å². The predicted octanol–water partition coefficient (Wildman–Crippen LogP) is 2.25. The highest BCUT2D eigenvalue weighted by molar-refractivity contribution is 5.87. The summed E-state index contributed by atoms with van der Waals surface area (Å²) >= 11 is 0. The van der Waals surface area contributed by atoms with E-state index in [9.17, 15) is 0 Å². The Hall–Kier alpha value is -1.48. The average molecular weight is 244 g/mol. The van der Waals surface area contributed by atoms with E-state index in [1.807, 2.05) is 6.07 Å². The maximum Gasteiger partial charge on any atom is 0.119 e. The molecule has 1 aliphatic rings. The van der Waals surface area contributed by atoms with E-state index < -0.39 is 0 Å². The van der Waals surface area contributed by atoms with Crippen LogP contribution in [0.1, 0.15) is 17.7 Å². The summed E-state index contributed by atoms with van der Waals surface area (Å²) in [4.78, 5) is 0. The van der Waals surface area contributed by atoms with Crippen molar-refractivity contribution in [2.24, 2.45) is 18.7 Å². The lowest BCUT2D eigenvalue weighted by Crippen LogP contribution is -2.22. The largest absolute Gasteiger partial charge is 0.497 e. The van der Waals surface area contributed by atoms with Gasteiger partial charge in [0, 0.05) is 23.6 Å². The van der Waals surface area contributed by atoms with E-state index >= 15 is 0 Å². The van der Waals surface area contributed by atoms with E-state index in [4.69, 9.17) is 10.5 Å². The quantitative estimate of drug-likeness (QED) is 0.880. The van der Waals surface area contributed by atoms with Gasteiger partial charge in [-0.15, -0.1) is 0 Å². The third-order valence-corrected chi connectivity index (χ3v) is 4.26. The van der Waals surface area contributed by atoms with Crippen molar-refractivity contribution in [2.45, 2.75) is 19.3 Å². The predicted molar refractivity (Wildman–Crippen MR) is 74.0 cm³/mol. The molecule has 0 spiro atoms. The molecule has 0 radical (unpaired) electrons. The lowest BCUT2D eigenvalue weighted by Gasteiger charge is -2.21. The van der Waals surface area contributed by atoms with Gasteiger partial charge in [0.25, 0.3) is 0 Å². The molecule has 3 nitrogen and oxygen atoms in total.